The van der Waals surface area contributed by atoms with Crippen molar-refractivity contribution in [3.63, 3.8) is 0 Å². The second-order valence-electron chi connectivity index (χ2n) is 3.95. The van der Waals surface area contributed by atoms with Crippen LogP contribution in [0.2, 0.25) is 0 Å². The van der Waals surface area contributed by atoms with Gasteiger partial charge < -0.3 is 0 Å². The summed E-state index contributed by atoms with van der Waals surface area (Å²) in [6.07, 6.45) is 6.04. The molecule has 16 heavy (non-hydrogen) atoms. The standard InChI is InChI=1S/C13H19NO2/c1-2-3-4-5-6-11-7-9-12(10-8-11)13(15)14-16/h7-10,16H,2-6H2,1H3,(H,14,15). The maximum absolute atomic E-state index is 11.1. The second-order valence-corrected chi connectivity index (χ2v) is 3.95. The molecule has 0 fully saturated rings. The minimum Gasteiger partial charge on any atom is -0.288 e. The summed E-state index contributed by atoms with van der Waals surface area (Å²) in [7, 11) is 0. The second kappa shape index (κ2) is 7.01. The van der Waals surface area contributed by atoms with Crippen molar-refractivity contribution < 1.29 is 10.0 Å². The normalized spacial score (nSPS) is 10.1. The lowest BCUT2D eigenvalue weighted by molar-refractivity contribution is 0.0706. The van der Waals surface area contributed by atoms with E-state index in [0.29, 0.717) is 5.56 Å². The Labute approximate surface area is 96.4 Å². The highest BCUT2D eigenvalue weighted by Crippen LogP contribution is 2.09. The van der Waals surface area contributed by atoms with Crippen molar-refractivity contribution in [3.05, 3.63) is 35.4 Å². The lowest BCUT2D eigenvalue weighted by Gasteiger charge is -2.03. The Balaban J connectivity index is 2.42. The summed E-state index contributed by atoms with van der Waals surface area (Å²) < 4.78 is 0. The highest BCUT2D eigenvalue weighted by atomic mass is 16.5. The van der Waals surface area contributed by atoms with E-state index in [9.17, 15) is 4.79 Å². The number of rotatable bonds is 6. The van der Waals surface area contributed by atoms with E-state index in [-0.39, 0.29) is 0 Å². The molecule has 1 amide bonds. The monoisotopic (exact) mass is 221 g/mol. The molecule has 2 N–H and O–H groups in total. The smallest absolute Gasteiger partial charge is 0.274 e. The molecule has 0 bridgehead atoms. The Bertz CT molecular complexity index is 319. The van der Waals surface area contributed by atoms with E-state index in [4.69, 9.17) is 5.21 Å². The molecule has 1 rings (SSSR count). The number of carbonyl (C=O) groups excluding carboxylic acids is 1. The van der Waals surface area contributed by atoms with Crippen LogP contribution in [0.3, 0.4) is 0 Å². The van der Waals surface area contributed by atoms with Gasteiger partial charge in [0.2, 0.25) is 0 Å². The molecule has 3 nitrogen and oxygen atoms in total. The number of unbranched alkanes of at least 4 members (excludes halogenated alkanes) is 3. The topological polar surface area (TPSA) is 49.3 Å². The SMILES string of the molecule is CCCCCCc1ccc(C(=O)NO)cc1. The fraction of sp³-hybridized carbons (Fsp3) is 0.462. The zero-order valence-corrected chi connectivity index (χ0v) is 9.70. The zero-order valence-electron chi connectivity index (χ0n) is 9.70. The van der Waals surface area contributed by atoms with Gasteiger partial charge in [-0.05, 0) is 30.5 Å². The number of benzene rings is 1. The van der Waals surface area contributed by atoms with Crippen LogP contribution < -0.4 is 5.48 Å². The van der Waals surface area contributed by atoms with E-state index in [1.165, 1.54) is 31.2 Å². The number of carbonyl (C=O) groups is 1. The van der Waals surface area contributed by atoms with Crippen molar-refractivity contribution in [1.82, 2.24) is 5.48 Å². The molecule has 0 unspecified atom stereocenters. The summed E-state index contributed by atoms with van der Waals surface area (Å²) in [5.41, 5.74) is 3.35. The van der Waals surface area contributed by atoms with Crippen LogP contribution in [0.25, 0.3) is 0 Å². The van der Waals surface area contributed by atoms with Gasteiger partial charge in [0, 0.05) is 5.56 Å². The quantitative estimate of drug-likeness (QED) is 0.441. The molecule has 0 aliphatic heterocycles. The van der Waals surface area contributed by atoms with Crippen LogP contribution in [0.1, 0.15) is 48.5 Å². The minimum absolute atomic E-state index is 0.461. The van der Waals surface area contributed by atoms with Gasteiger partial charge in [-0.25, -0.2) is 5.48 Å². The highest BCUT2D eigenvalue weighted by Gasteiger charge is 2.02. The minimum atomic E-state index is -0.461. The molecule has 0 radical (unpaired) electrons. The first-order valence-corrected chi connectivity index (χ1v) is 5.81. The first-order chi connectivity index (χ1) is 7.77. The maximum Gasteiger partial charge on any atom is 0.274 e. The molecular formula is C13H19NO2. The van der Waals surface area contributed by atoms with Crippen molar-refractivity contribution >= 4 is 5.91 Å². The van der Waals surface area contributed by atoms with Gasteiger partial charge in [-0.15, -0.1) is 0 Å². The van der Waals surface area contributed by atoms with E-state index in [1.807, 2.05) is 12.1 Å². The number of amides is 1. The molecular weight excluding hydrogens is 202 g/mol. The van der Waals surface area contributed by atoms with Gasteiger partial charge in [0.1, 0.15) is 0 Å². The first-order valence-electron chi connectivity index (χ1n) is 5.81. The van der Waals surface area contributed by atoms with E-state index < -0.39 is 5.91 Å². The van der Waals surface area contributed by atoms with Crippen LogP contribution >= 0.6 is 0 Å². The molecule has 0 spiro atoms. The van der Waals surface area contributed by atoms with E-state index in [2.05, 4.69) is 6.92 Å². The van der Waals surface area contributed by atoms with Crippen LogP contribution in [0.4, 0.5) is 0 Å². The lowest BCUT2D eigenvalue weighted by Crippen LogP contribution is -2.18. The molecule has 1 aromatic carbocycles. The Hall–Kier alpha value is -1.35. The molecule has 0 aromatic heterocycles. The third kappa shape index (κ3) is 4.03. The fourth-order valence-electron chi connectivity index (χ4n) is 1.64. The van der Waals surface area contributed by atoms with Crippen molar-refractivity contribution in [3.8, 4) is 0 Å². The van der Waals surface area contributed by atoms with Crippen molar-refractivity contribution in [2.24, 2.45) is 0 Å². The van der Waals surface area contributed by atoms with Gasteiger partial charge in [0.25, 0.3) is 5.91 Å². The van der Waals surface area contributed by atoms with Crippen molar-refractivity contribution in [2.75, 3.05) is 0 Å². The summed E-state index contributed by atoms with van der Waals surface area (Å²) in [5.74, 6) is -0.461. The summed E-state index contributed by atoms with van der Waals surface area (Å²) in [5, 5.41) is 8.46. The van der Waals surface area contributed by atoms with Crippen LogP contribution in [-0.4, -0.2) is 11.1 Å². The predicted molar refractivity (Wildman–Crippen MR) is 63.5 cm³/mol. The molecule has 1 aromatic rings. The summed E-state index contributed by atoms with van der Waals surface area (Å²) in [4.78, 5) is 11.1. The summed E-state index contributed by atoms with van der Waals surface area (Å²) in [6, 6.07) is 7.36. The van der Waals surface area contributed by atoms with Gasteiger partial charge in [0.15, 0.2) is 0 Å². The Kier molecular flexibility index (Phi) is 5.57. The number of aryl methyl sites for hydroxylation is 1. The van der Waals surface area contributed by atoms with Gasteiger partial charge in [0.05, 0.1) is 0 Å². The van der Waals surface area contributed by atoms with E-state index in [0.717, 1.165) is 6.42 Å². The van der Waals surface area contributed by atoms with Crippen LogP contribution in [0.15, 0.2) is 24.3 Å². The average molecular weight is 221 g/mol. The molecule has 88 valence electrons. The van der Waals surface area contributed by atoms with Gasteiger partial charge in [-0.3, -0.25) is 10.0 Å². The predicted octanol–water partition coefficient (Wildman–Crippen LogP) is 2.93. The molecule has 0 heterocycles. The van der Waals surface area contributed by atoms with Crippen molar-refractivity contribution in [1.29, 1.82) is 0 Å². The van der Waals surface area contributed by atoms with Crippen molar-refractivity contribution in [2.45, 2.75) is 39.0 Å². The number of hydrogen-bond acceptors (Lipinski definition) is 2. The largest absolute Gasteiger partial charge is 0.288 e. The number of hydrogen-bond donors (Lipinski definition) is 2. The Morgan fingerprint density at radius 2 is 1.88 bits per heavy atom. The zero-order chi connectivity index (χ0) is 11.8. The molecule has 0 aliphatic carbocycles. The third-order valence-electron chi connectivity index (χ3n) is 2.64. The van der Waals surface area contributed by atoms with Gasteiger partial charge in [-0.1, -0.05) is 38.3 Å². The molecule has 0 saturated carbocycles. The van der Waals surface area contributed by atoms with Crippen LogP contribution in [0.5, 0.6) is 0 Å². The highest BCUT2D eigenvalue weighted by molar-refractivity contribution is 5.93. The van der Waals surface area contributed by atoms with E-state index in [1.54, 1.807) is 17.6 Å². The molecule has 0 aliphatic rings. The third-order valence-corrected chi connectivity index (χ3v) is 2.64. The Morgan fingerprint density at radius 1 is 1.19 bits per heavy atom. The first kappa shape index (κ1) is 12.7. The van der Waals surface area contributed by atoms with Gasteiger partial charge >= 0.3 is 0 Å². The number of nitrogens with one attached hydrogen (secondary N) is 1. The maximum atomic E-state index is 11.1. The number of hydroxylamine groups is 1. The summed E-state index contributed by atoms with van der Waals surface area (Å²) >= 11 is 0. The van der Waals surface area contributed by atoms with Gasteiger partial charge in [-0.2, -0.15) is 0 Å². The summed E-state index contributed by atoms with van der Waals surface area (Å²) in [6.45, 7) is 2.20. The molecule has 0 saturated heterocycles. The average Bonchev–Trinajstić information content (AvgIpc) is 2.34. The fourth-order valence-corrected chi connectivity index (χ4v) is 1.64. The van der Waals surface area contributed by atoms with Crippen LogP contribution in [-0.2, 0) is 6.42 Å². The van der Waals surface area contributed by atoms with Crippen LogP contribution in [0, 0.1) is 0 Å². The Morgan fingerprint density at radius 3 is 2.44 bits per heavy atom. The van der Waals surface area contributed by atoms with E-state index >= 15 is 0 Å². The lowest BCUT2D eigenvalue weighted by atomic mass is 10.0. The molecule has 0 atom stereocenters. The molecule has 3 heteroatoms.